The zero-order chi connectivity index (χ0) is 30.1. The van der Waals surface area contributed by atoms with Crippen LogP contribution in [-0.4, -0.2) is 40.0 Å². The summed E-state index contributed by atoms with van der Waals surface area (Å²) < 4.78 is 72.4. The van der Waals surface area contributed by atoms with Crippen molar-refractivity contribution >= 4 is 41.5 Å². The fraction of sp³-hybridized carbons (Fsp3) is 0.407. The molecule has 0 saturated heterocycles. The number of alkyl halides is 3. The molecule has 13 heteroatoms. The lowest BCUT2D eigenvalue weighted by Gasteiger charge is -2.36. The van der Waals surface area contributed by atoms with Gasteiger partial charge < -0.3 is 15.1 Å². The van der Waals surface area contributed by atoms with Gasteiger partial charge in [-0.05, 0) is 66.5 Å². The van der Waals surface area contributed by atoms with E-state index < -0.39 is 35.9 Å². The number of halogens is 3. The minimum absolute atomic E-state index is 0.0118. The fourth-order valence-corrected chi connectivity index (χ4v) is 4.95. The average Bonchev–Trinajstić information content (AvgIpc) is 2.82. The van der Waals surface area contributed by atoms with E-state index in [1.54, 1.807) is 30.3 Å². The number of aromatic nitrogens is 2. The first-order valence-corrected chi connectivity index (χ1v) is 17.3. The monoisotopic (exact) mass is 595 g/mol. The summed E-state index contributed by atoms with van der Waals surface area (Å²) >= 11 is 0. The number of benzene rings is 2. The summed E-state index contributed by atoms with van der Waals surface area (Å²) in [6.07, 6.45) is -2.88. The highest BCUT2D eigenvalue weighted by Crippen LogP contribution is 2.38. The smallest absolute Gasteiger partial charge is 0.421 e. The fourth-order valence-electron chi connectivity index (χ4n) is 3.43. The normalized spacial score (nSPS) is 12.7. The van der Waals surface area contributed by atoms with Crippen molar-refractivity contribution in [2.75, 3.05) is 28.2 Å². The molecule has 218 valence electrons. The second kappa shape index (κ2) is 11.3. The predicted molar refractivity (Wildman–Crippen MR) is 156 cm³/mol. The maximum Gasteiger partial charge on any atom is 0.421 e. The van der Waals surface area contributed by atoms with Gasteiger partial charge >= 0.3 is 6.18 Å². The van der Waals surface area contributed by atoms with Crippen LogP contribution in [0.5, 0.6) is 5.75 Å². The van der Waals surface area contributed by atoms with Crippen LogP contribution >= 0.6 is 0 Å². The van der Waals surface area contributed by atoms with E-state index in [-0.39, 0.29) is 17.5 Å². The Balaban J connectivity index is 1.84. The van der Waals surface area contributed by atoms with Gasteiger partial charge in [0.25, 0.3) is 0 Å². The second-order valence-corrected chi connectivity index (χ2v) is 17.9. The molecule has 0 atom stereocenters. The molecule has 40 heavy (non-hydrogen) atoms. The highest BCUT2D eigenvalue weighted by atomic mass is 32.2. The zero-order valence-corrected chi connectivity index (χ0v) is 25.8. The number of aryl methyl sites for hydroxylation is 1. The van der Waals surface area contributed by atoms with Gasteiger partial charge in [-0.3, -0.25) is 4.31 Å². The maximum absolute atomic E-state index is 13.7. The van der Waals surface area contributed by atoms with Crippen LogP contribution in [0.2, 0.25) is 18.1 Å². The number of sulfonamides is 1. The maximum atomic E-state index is 13.7. The van der Waals surface area contributed by atoms with E-state index >= 15 is 0 Å². The Bertz CT molecular complexity index is 1470. The average molecular weight is 596 g/mol. The largest absolute Gasteiger partial charge is 0.543 e. The summed E-state index contributed by atoms with van der Waals surface area (Å²) in [6, 6.07) is 12.0. The lowest BCUT2D eigenvalue weighted by Crippen LogP contribution is -2.43. The molecule has 0 bridgehead atoms. The van der Waals surface area contributed by atoms with Gasteiger partial charge in [-0.2, -0.15) is 18.2 Å². The summed E-state index contributed by atoms with van der Waals surface area (Å²) in [7, 11) is -4.13. The van der Waals surface area contributed by atoms with E-state index in [4.69, 9.17) is 4.43 Å². The lowest BCUT2D eigenvalue weighted by molar-refractivity contribution is -0.137. The van der Waals surface area contributed by atoms with Gasteiger partial charge in [0.15, 0.2) is 0 Å². The highest BCUT2D eigenvalue weighted by Gasteiger charge is 2.39. The summed E-state index contributed by atoms with van der Waals surface area (Å²) in [5.74, 6) is 0.318. The van der Waals surface area contributed by atoms with Crippen LogP contribution in [0.15, 0.2) is 48.7 Å². The van der Waals surface area contributed by atoms with Crippen LogP contribution in [0.1, 0.15) is 37.5 Å². The highest BCUT2D eigenvalue weighted by molar-refractivity contribution is 7.92. The molecule has 3 rings (SSSR count). The van der Waals surface area contributed by atoms with Gasteiger partial charge in [0.05, 0.1) is 11.9 Å². The van der Waals surface area contributed by atoms with Gasteiger partial charge in [-0.1, -0.05) is 32.9 Å². The number of nitrogens with zero attached hydrogens (tertiary/aromatic N) is 3. The first-order valence-electron chi connectivity index (χ1n) is 12.6. The Hall–Kier alpha value is -3.32. The minimum Gasteiger partial charge on any atom is -0.543 e. The van der Waals surface area contributed by atoms with Gasteiger partial charge in [-0.15, -0.1) is 0 Å². The van der Waals surface area contributed by atoms with Crippen molar-refractivity contribution in [2.45, 2.75) is 58.5 Å². The van der Waals surface area contributed by atoms with E-state index in [1.807, 2.05) is 19.1 Å². The topological polar surface area (TPSA) is 96.5 Å². The molecule has 2 aromatic carbocycles. The van der Waals surface area contributed by atoms with Crippen LogP contribution in [0.4, 0.5) is 36.3 Å². The first-order chi connectivity index (χ1) is 18.3. The summed E-state index contributed by atoms with van der Waals surface area (Å²) in [5.41, 5.74) is 1.39. The Morgan fingerprint density at radius 2 is 1.75 bits per heavy atom. The number of hydrogen-bond acceptors (Lipinski definition) is 7. The molecule has 0 aliphatic heterocycles. The molecule has 1 aromatic heterocycles. The third-order valence-electron chi connectivity index (χ3n) is 6.95. The van der Waals surface area contributed by atoms with Crippen molar-refractivity contribution in [3.8, 4) is 5.75 Å². The summed E-state index contributed by atoms with van der Waals surface area (Å²) in [4.78, 5) is 8.01. The van der Waals surface area contributed by atoms with Gasteiger partial charge in [0.2, 0.25) is 24.3 Å². The second-order valence-electron chi connectivity index (χ2n) is 11.2. The predicted octanol–water partition coefficient (Wildman–Crippen LogP) is 6.94. The quantitative estimate of drug-likeness (QED) is 0.259. The molecule has 0 aliphatic carbocycles. The molecular formula is C27H36F3N5O3SSi. The molecule has 1 heterocycles. The van der Waals surface area contributed by atoms with Crippen molar-refractivity contribution in [1.82, 2.24) is 9.97 Å². The van der Waals surface area contributed by atoms with E-state index in [0.29, 0.717) is 16.9 Å². The van der Waals surface area contributed by atoms with Crippen molar-refractivity contribution in [3.63, 3.8) is 0 Å². The van der Waals surface area contributed by atoms with Crippen molar-refractivity contribution in [1.29, 1.82) is 0 Å². The van der Waals surface area contributed by atoms with Crippen LogP contribution in [-0.2, 0) is 22.7 Å². The Kier molecular flexibility index (Phi) is 8.80. The van der Waals surface area contributed by atoms with E-state index in [9.17, 15) is 21.6 Å². The minimum atomic E-state index is -4.68. The zero-order valence-electron chi connectivity index (χ0n) is 23.9. The molecule has 8 nitrogen and oxygen atoms in total. The summed E-state index contributed by atoms with van der Waals surface area (Å²) in [6.45, 7) is 12.6. The third kappa shape index (κ3) is 7.66. The first kappa shape index (κ1) is 31.2. The van der Waals surface area contributed by atoms with Crippen molar-refractivity contribution in [3.05, 3.63) is 65.4 Å². The van der Waals surface area contributed by atoms with Crippen LogP contribution in [0.25, 0.3) is 0 Å². The van der Waals surface area contributed by atoms with E-state index in [2.05, 4.69) is 54.5 Å². The van der Waals surface area contributed by atoms with E-state index in [1.165, 1.54) is 7.05 Å². The van der Waals surface area contributed by atoms with Crippen LogP contribution < -0.4 is 19.4 Å². The molecule has 0 unspecified atom stereocenters. The van der Waals surface area contributed by atoms with Gasteiger partial charge in [0.1, 0.15) is 17.1 Å². The molecule has 0 aliphatic rings. The summed E-state index contributed by atoms with van der Waals surface area (Å²) in [5, 5.41) is 5.77. The molecule has 2 N–H and O–H groups in total. The molecule has 0 saturated carbocycles. The molecule has 3 aromatic rings. The third-order valence-corrected chi connectivity index (χ3v) is 12.5. The number of anilines is 4. The Morgan fingerprint density at radius 1 is 1.07 bits per heavy atom. The molecule has 0 radical (unpaired) electrons. The number of rotatable bonds is 9. The standard InChI is InChI=1S/C27H36F3N5O3SSi/c1-18-14-21(38-40(7,8)26(2,3)4)12-13-23(18)33-25-32-17-22(27(28,29)30)24(34-25)31-16-19-10-9-11-20(15-19)35(5)39(6,36)37/h9-15,17H,16H2,1-8H3,(H2,31,32,33,34). The number of hydrogen-bond donors (Lipinski definition) is 2. The van der Waals surface area contributed by atoms with Gasteiger partial charge in [0, 0.05) is 25.5 Å². The Labute approximate surface area is 235 Å². The molecular weight excluding hydrogens is 559 g/mol. The molecule has 0 amide bonds. The molecule has 0 fully saturated rings. The molecule has 0 spiro atoms. The SMILES string of the molecule is Cc1cc(O[Si](C)(C)C(C)(C)C)ccc1Nc1ncc(C(F)(F)F)c(NCc2cccc(N(C)S(C)(=O)=O)c2)n1. The van der Waals surface area contributed by atoms with Crippen molar-refractivity contribution in [2.24, 2.45) is 0 Å². The Morgan fingerprint density at radius 3 is 2.33 bits per heavy atom. The van der Waals surface area contributed by atoms with Crippen LogP contribution in [0, 0.1) is 6.92 Å². The van der Waals surface area contributed by atoms with E-state index in [0.717, 1.165) is 28.1 Å². The van der Waals surface area contributed by atoms with Gasteiger partial charge in [-0.25, -0.2) is 13.4 Å². The number of nitrogens with one attached hydrogen (secondary N) is 2. The lowest BCUT2D eigenvalue weighted by atomic mass is 10.2. The van der Waals surface area contributed by atoms with Crippen LogP contribution in [0.3, 0.4) is 0 Å². The van der Waals surface area contributed by atoms with Crippen molar-refractivity contribution < 1.29 is 26.0 Å².